The van der Waals surface area contributed by atoms with Crippen molar-refractivity contribution in [1.29, 1.82) is 0 Å². The maximum atomic E-state index is 13.9. The van der Waals surface area contributed by atoms with Gasteiger partial charge in [0.05, 0.1) is 11.1 Å². The summed E-state index contributed by atoms with van der Waals surface area (Å²) < 4.78 is 67.8. The number of anilines is 2. The van der Waals surface area contributed by atoms with Crippen LogP contribution in [-0.4, -0.2) is 34.9 Å². The zero-order valence-electron chi connectivity index (χ0n) is 15.7. The molecule has 1 aliphatic heterocycles. The largest absolute Gasteiger partial charge is 0.418 e. The molecule has 2 aromatic rings. The molecule has 0 saturated carbocycles. The van der Waals surface area contributed by atoms with Crippen LogP contribution in [0.25, 0.3) is 0 Å². The number of pyridine rings is 2. The van der Waals surface area contributed by atoms with Gasteiger partial charge in [-0.05, 0) is 24.6 Å². The molecule has 3 heterocycles. The molecular weight excluding hydrogens is 395 g/mol. The summed E-state index contributed by atoms with van der Waals surface area (Å²) in [5.41, 5.74) is -1.30. The summed E-state index contributed by atoms with van der Waals surface area (Å²) in [7, 11) is 0. The molecular formula is C19H19F5N4O. The third kappa shape index (κ3) is 4.30. The Morgan fingerprint density at radius 1 is 1.28 bits per heavy atom. The highest BCUT2D eigenvalue weighted by Crippen LogP contribution is 2.39. The molecule has 2 aromatic heterocycles. The van der Waals surface area contributed by atoms with E-state index in [0.717, 1.165) is 0 Å². The Morgan fingerprint density at radius 3 is 2.52 bits per heavy atom. The van der Waals surface area contributed by atoms with E-state index in [-0.39, 0.29) is 30.0 Å². The van der Waals surface area contributed by atoms with Crippen molar-refractivity contribution in [3.63, 3.8) is 0 Å². The zero-order valence-corrected chi connectivity index (χ0v) is 15.7. The normalized spacial score (nSPS) is 19.1. The van der Waals surface area contributed by atoms with Gasteiger partial charge in [-0.25, -0.2) is 13.8 Å². The quantitative estimate of drug-likeness (QED) is 0.750. The van der Waals surface area contributed by atoms with E-state index in [1.807, 2.05) is 0 Å². The topological polar surface area (TPSA) is 58.1 Å². The van der Waals surface area contributed by atoms with E-state index in [9.17, 15) is 26.7 Å². The Hall–Kier alpha value is -2.78. The second-order valence-corrected chi connectivity index (χ2v) is 7.04. The summed E-state index contributed by atoms with van der Waals surface area (Å²) in [5, 5.41) is 2.52. The van der Waals surface area contributed by atoms with Crippen molar-refractivity contribution in [2.24, 2.45) is 5.92 Å². The summed E-state index contributed by atoms with van der Waals surface area (Å²) in [4.78, 5) is 22.0. The number of alkyl halides is 5. The number of halogens is 5. The van der Waals surface area contributed by atoms with Gasteiger partial charge in [-0.1, -0.05) is 6.92 Å². The van der Waals surface area contributed by atoms with Gasteiger partial charge in [0.1, 0.15) is 5.82 Å². The van der Waals surface area contributed by atoms with E-state index in [1.54, 1.807) is 0 Å². The highest BCUT2D eigenvalue weighted by atomic mass is 19.4. The molecule has 1 N–H and O–H groups in total. The monoisotopic (exact) mass is 414 g/mol. The van der Waals surface area contributed by atoms with E-state index >= 15 is 0 Å². The van der Waals surface area contributed by atoms with Crippen molar-refractivity contribution >= 4 is 17.4 Å². The third-order valence-electron chi connectivity index (χ3n) is 5.02. The first kappa shape index (κ1) is 20.9. The second-order valence-electron chi connectivity index (χ2n) is 7.04. The van der Waals surface area contributed by atoms with E-state index in [2.05, 4.69) is 15.3 Å². The molecule has 29 heavy (non-hydrogen) atoms. The van der Waals surface area contributed by atoms with Crippen LogP contribution in [0.2, 0.25) is 0 Å². The van der Waals surface area contributed by atoms with Gasteiger partial charge in [0.2, 0.25) is 0 Å². The fourth-order valence-electron chi connectivity index (χ4n) is 3.29. The highest BCUT2D eigenvalue weighted by Gasteiger charge is 2.43. The van der Waals surface area contributed by atoms with Gasteiger partial charge in [-0.2, -0.15) is 13.2 Å². The molecule has 5 nitrogen and oxygen atoms in total. The number of piperidine rings is 1. The number of carbonyl (C=O) groups excluding carboxylic acids is 1. The summed E-state index contributed by atoms with van der Waals surface area (Å²) in [6, 6.07) is 2.97. The molecule has 1 saturated heterocycles. The van der Waals surface area contributed by atoms with Crippen molar-refractivity contribution in [1.82, 2.24) is 9.97 Å². The van der Waals surface area contributed by atoms with Crippen LogP contribution in [0, 0.1) is 12.8 Å². The Kier molecular flexibility index (Phi) is 5.46. The average molecular weight is 414 g/mol. The van der Waals surface area contributed by atoms with E-state index < -0.39 is 35.9 Å². The minimum absolute atomic E-state index is 0.0376. The van der Waals surface area contributed by atoms with Gasteiger partial charge in [-0.15, -0.1) is 0 Å². The van der Waals surface area contributed by atoms with E-state index in [0.29, 0.717) is 11.9 Å². The lowest BCUT2D eigenvalue weighted by atomic mass is 9.94. The van der Waals surface area contributed by atoms with Gasteiger partial charge >= 0.3 is 6.18 Å². The first-order chi connectivity index (χ1) is 13.5. The van der Waals surface area contributed by atoms with Crippen molar-refractivity contribution in [3.8, 4) is 0 Å². The Balaban J connectivity index is 2.04. The molecule has 156 valence electrons. The van der Waals surface area contributed by atoms with Gasteiger partial charge in [0.15, 0.2) is 0 Å². The SMILES string of the molecule is Cc1c(C(F)(F)F)cnc(N2CCC(F)(F)[C@H](C)C2)c1C(=O)Nc1ccncc1. The molecule has 1 aliphatic rings. The minimum atomic E-state index is -4.70. The summed E-state index contributed by atoms with van der Waals surface area (Å²) in [6.07, 6.45) is -1.69. The summed E-state index contributed by atoms with van der Waals surface area (Å²) >= 11 is 0. The number of carbonyl (C=O) groups is 1. The fourth-order valence-corrected chi connectivity index (χ4v) is 3.29. The lowest BCUT2D eigenvalue weighted by Gasteiger charge is -2.38. The predicted molar refractivity (Wildman–Crippen MR) is 97.1 cm³/mol. The number of nitrogens with zero attached hydrogens (tertiary/aromatic N) is 3. The molecule has 10 heteroatoms. The average Bonchev–Trinajstić information content (AvgIpc) is 2.63. The molecule has 0 aromatic carbocycles. The number of hydrogen-bond acceptors (Lipinski definition) is 4. The van der Waals surface area contributed by atoms with Gasteiger partial charge in [-0.3, -0.25) is 9.78 Å². The summed E-state index contributed by atoms with van der Waals surface area (Å²) in [6.45, 7) is 2.29. The molecule has 1 fully saturated rings. The maximum Gasteiger partial charge on any atom is 0.418 e. The number of rotatable bonds is 3. The van der Waals surface area contributed by atoms with Crippen LogP contribution >= 0.6 is 0 Å². The number of aromatic nitrogens is 2. The molecule has 1 atom stereocenters. The lowest BCUT2D eigenvalue weighted by Crippen LogP contribution is -2.47. The second kappa shape index (κ2) is 7.57. The van der Waals surface area contributed by atoms with Gasteiger partial charge in [0.25, 0.3) is 11.8 Å². The first-order valence-electron chi connectivity index (χ1n) is 8.91. The fraction of sp³-hybridized carbons (Fsp3) is 0.421. The smallest absolute Gasteiger partial charge is 0.355 e. The molecule has 1 amide bonds. The predicted octanol–water partition coefficient (Wildman–Crippen LogP) is 4.54. The van der Waals surface area contributed by atoms with Gasteiger partial charge in [0, 0.05) is 49.7 Å². The number of hydrogen-bond donors (Lipinski definition) is 1. The van der Waals surface area contributed by atoms with Crippen molar-refractivity contribution in [2.45, 2.75) is 32.4 Å². The molecule has 3 rings (SSSR count). The third-order valence-corrected chi connectivity index (χ3v) is 5.02. The Bertz CT molecular complexity index is 901. The molecule has 0 radical (unpaired) electrons. The minimum Gasteiger partial charge on any atom is -0.355 e. The zero-order chi connectivity index (χ0) is 21.4. The van der Waals surface area contributed by atoms with Crippen LogP contribution in [0.5, 0.6) is 0 Å². The molecule has 0 spiro atoms. The van der Waals surface area contributed by atoms with Crippen LogP contribution < -0.4 is 10.2 Å². The van der Waals surface area contributed by atoms with Gasteiger partial charge < -0.3 is 10.2 Å². The van der Waals surface area contributed by atoms with Crippen LogP contribution in [0.15, 0.2) is 30.7 Å². The number of amides is 1. The first-order valence-corrected chi connectivity index (χ1v) is 8.91. The van der Waals surface area contributed by atoms with Crippen molar-refractivity contribution in [2.75, 3.05) is 23.3 Å². The standard InChI is InChI=1S/C19H19F5N4O/c1-11-10-28(8-5-18(11,20)21)16-15(12(2)14(9-26-16)19(22,23)24)17(29)27-13-3-6-25-7-4-13/h3-4,6-7,9,11H,5,8,10H2,1-2H3,(H,25,27,29)/t11-/m1/s1. The highest BCUT2D eigenvalue weighted by molar-refractivity contribution is 6.08. The summed E-state index contributed by atoms with van der Waals surface area (Å²) in [5.74, 6) is -4.75. The lowest BCUT2D eigenvalue weighted by molar-refractivity contribution is -0.138. The molecule has 0 bridgehead atoms. The van der Waals surface area contributed by atoms with Crippen molar-refractivity contribution in [3.05, 3.63) is 47.4 Å². The Labute approximate surface area is 164 Å². The van der Waals surface area contributed by atoms with Crippen LogP contribution in [-0.2, 0) is 6.18 Å². The Morgan fingerprint density at radius 2 is 1.93 bits per heavy atom. The molecule has 0 aliphatic carbocycles. The maximum absolute atomic E-state index is 13.9. The van der Waals surface area contributed by atoms with Crippen LogP contribution in [0.1, 0.15) is 34.8 Å². The van der Waals surface area contributed by atoms with Crippen LogP contribution in [0.4, 0.5) is 33.5 Å². The number of nitrogens with one attached hydrogen (secondary N) is 1. The van der Waals surface area contributed by atoms with Crippen LogP contribution in [0.3, 0.4) is 0 Å². The van der Waals surface area contributed by atoms with Crippen molar-refractivity contribution < 1.29 is 26.7 Å². The van der Waals surface area contributed by atoms with E-state index in [4.69, 9.17) is 0 Å². The molecule has 0 unspecified atom stereocenters. The van der Waals surface area contributed by atoms with E-state index in [1.165, 1.54) is 43.3 Å².